The van der Waals surface area contributed by atoms with Crippen LogP contribution in [-0.2, 0) is 7.05 Å². The van der Waals surface area contributed by atoms with E-state index < -0.39 is 0 Å². The fourth-order valence-electron chi connectivity index (χ4n) is 2.61. The van der Waals surface area contributed by atoms with Crippen LogP contribution in [0.2, 0.25) is 0 Å². The molecule has 1 atom stereocenters. The quantitative estimate of drug-likeness (QED) is 0.782. The molecule has 94 valence electrons. The van der Waals surface area contributed by atoms with Crippen LogP contribution in [0.3, 0.4) is 0 Å². The minimum absolute atomic E-state index is 0.0270. The minimum Gasteiger partial charge on any atom is -0.315 e. The molecule has 1 aliphatic rings. The van der Waals surface area contributed by atoms with E-state index in [0.29, 0.717) is 17.4 Å². The highest BCUT2D eigenvalue weighted by molar-refractivity contribution is 5.77. The van der Waals surface area contributed by atoms with E-state index in [0.717, 1.165) is 13.0 Å². The Bertz CT molecular complexity index is 708. The molecule has 0 aliphatic carbocycles. The lowest BCUT2D eigenvalue weighted by molar-refractivity contribution is 0.493. The van der Waals surface area contributed by atoms with Crippen LogP contribution in [0.5, 0.6) is 0 Å². The van der Waals surface area contributed by atoms with Gasteiger partial charge in [-0.25, -0.2) is 4.79 Å². The summed E-state index contributed by atoms with van der Waals surface area (Å²) >= 11 is 0. The van der Waals surface area contributed by atoms with Crippen LogP contribution in [0, 0.1) is 0 Å². The number of rotatable bonds is 1. The summed E-state index contributed by atoms with van der Waals surface area (Å²) in [4.78, 5) is 24.7. The van der Waals surface area contributed by atoms with Crippen molar-refractivity contribution < 1.29 is 0 Å². The van der Waals surface area contributed by atoms with Gasteiger partial charge in [0.05, 0.1) is 16.9 Å². The van der Waals surface area contributed by atoms with Crippen LogP contribution in [0.15, 0.2) is 33.9 Å². The molecule has 0 saturated carbocycles. The summed E-state index contributed by atoms with van der Waals surface area (Å²) in [7, 11) is 1.71. The van der Waals surface area contributed by atoms with Gasteiger partial charge in [0, 0.05) is 13.6 Å². The highest BCUT2D eigenvalue weighted by Gasteiger charge is 2.21. The van der Waals surface area contributed by atoms with Crippen molar-refractivity contribution in [3.63, 3.8) is 0 Å². The molecule has 1 aliphatic heterocycles. The second-order valence-electron chi connectivity index (χ2n) is 4.68. The molecule has 2 aromatic rings. The number of hydrogen-bond acceptors (Lipinski definition) is 3. The molecular formula is C13H15N3O2. The number of aromatic nitrogens is 2. The van der Waals surface area contributed by atoms with Gasteiger partial charge in [0.15, 0.2) is 0 Å². The van der Waals surface area contributed by atoms with Crippen molar-refractivity contribution in [3.05, 3.63) is 45.1 Å². The molecule has 1 aromatic carbocycles. The number of hydrogen-bond donors (Lipinski definition) is 1. The van der Waals surface area contributed by atoms with Crippen molar-refractivity contribution in [1.82, 2.24) is 14.5 Å². The largest absolute Gasteiger partial charge is 0.331 e. The fraction of sp³-hybridized carbons (Fsp3) is 0.385. The Morgan fingerprint density at radius 2 is 2.06 bits per heavy atom. The highest BCUT2D eigenvalue weighted by Crippen LogP contribution is 2.12. The molecule has 0 amide bonds. The third-order valence-electron chi connectivity index (χ3n) is 3.61. The zero-order chi connectivity index (χ0) is 12.7. The monoisotopic (exact) mass is 245 g/mol. The number of nitrogens with one attached hydrogen (secondary N) is 1. The summed E-state index contributed by atoms with van der Waals surface area (Å²) in [6.07, 6.45) is 0.827. The van der Waals surface area contributed by atoms with E-state index in [-0.39, 0.29) is 17.3 Å². The average Bonchev–Trinajstić information content (AvgIpc) is 2.90. The molecule has 0 bridgehead atoms. The van der Waals surface area contributed by atoms with E-state index in [4.69, 9.17) is 0 Å². The summed E-state index contributed by atoms with van der Waals surface area (Å²) in [6, 6.07) is 7.21. The summed E-state index contributed by atoms with van der Waals surface area (Å²) in [6.45, 7) is 1.54. The first-order valence-corrected chi connectivity index (χ1v) is 6.11. The number of para-hydroxylation sites is 1. The molecule has 1 aromatic heterocycles. The molecule has 1 fully saturated rings. The van der Waals surface area contributed by atoms with Gasteiger partial charge in [-0.05, 0) is 25.1 Å². The summed E-state index contributed by atoms with van der Waals surface area (Å²) in [5.74, 6) is 0. The maximum absolute atomic E-state index is 12.4. The summed E-state index contributed by atoms with van der Waals surface area (Å²) in [5, 5.41) is 3.79. The van der Waals surface area contributed by atoms with Gasteiger partial charge < -0.3 is 5.32 Å². The van der Waals surface area contributed by atoms with Crippen LogP contribution < -0.4 is 16.6 Å². The van der Waals surface area contributed by atoms with Crippen molar-refractivity contribution in [2.24, 2.45) is 7.05 Å². The van der Waals surface area contributed by atoms with Gasteiger partial charge in [0.1, 0.15) is 0 Å². The highest BCUT2D eigenvalue weighted by atomic mass is 16.2. The Morgan fingerprint density at radius 1 is 1.28 bits per heavy atom. The lowest BCUT2D eigenvalue weighted by Gasteiger charge is -2.15. The first-order valence-electron chi connectivity index (χ1n) is 6.11. The molecule has 5 heteroatoms. The van der Waals surface area contributed by atoms with E-state index in [1.807, 2.05) is 12.1 Å². The maximum atomic E-state index is 12.4. The van der Waals surface area contributed by atoms with Crippen molar-refractivity contribution in [2.75, 3.05) is 13.1 Å². The van der Waals surface area contributed by atoms with Crippen LogP contribution in [0.25, 0.3) is 10.9 Å². The van der Waals surface area contributed by atoms with Crippen molar-refractivity contribution >= 4 is 10.9 Å². The van der Waals surface area contributed by atoms with E-state index in [1.165, 1.54) is 4.57 Å². The van der Waals surface area contributed by atoms with Gasteiger partial charge >= 0.3 is 5.69 Å². The molecule has 1 unspecified atom stereocenters. The maximum Gasteiger partial charge on any atom is 0.331 e. The van der Waals surface area contributed by atoms with E-state index >= 15 is 0 Å². The molecule has 0 radical (unpaired) electrons. The average molecular weight is 245 g/mol. The molecule has 2 heterocycles. The van der Waals surface area contributed by atoms with Crippen molar-refractivity contribution in [1.29, 1.82) is 0 Å². The normalized spacial score (nSPS) is 19.5. The second-order valence-corrected chi connectivity index (χ2v) is 4.68. The van der Waals surface area contributed by atoms with E-state index in [9.17, 15) is 9.59 Å². The minimum atomic E-state index is -0.229. The van der Waals surface area contributed by atoms with Crippen molar-refractivity contribution in [2.45, 2.75) is 12.5 Å². The number of aryl methyl sites for hydroxylation is 1. The lowest BCUT2D eigenvalue weighted by atomic mass is 10.2. The Balaban J connectivity index is 2.39. The molecule has 1 N–H and O–H groups in total. The Morgan fingerprint density at radius 3 is 2.78 bits per heavy atom. The van der Waals surface area contributed by atoms with E-state index in [1.54, 1.807) is 23.7 Å². The molecule has 18 heavy (non-hydrogen) atoms. The Hall–Kier alpha value is -1.88. The standard InChI is InChI=1S/C13H15N3O2/c1-15-11-5-3-2-4-10(11)12(17)16(13(15)18)9-6-7-14-8-9/h2-5,9,14H,6-8H2,1H3. The van der Waals surface area contributed by atoms with Crippen LogP contribution in [0.4, 0.5) is 0 Å². The SMILES string of the molecule is Cn1c(=O)n(C2CCNC2)c(=O)c2ccccc21. The zero-order valence-corrected chi connectivity index (χ0v) is 10.2. The van der Waals surface area contributed by atoms with Crippen LogP contribution in [0.1, 0.15) is 12.5 Å². The van der Waals surface area contributed by atoms with Gasteiger partial charge in [-0.3, -0.25) is 13.9 Å². The number of benzene rings is 1. The molecule has 5 nitrogen and oxygen atoms in total. The van der Waals surface area contributed by atoms with Gasteiger partial charge in [-0.1, -0.05) is 12.1 Å². The van der Waals surface area contributed by atoms with Crippen LogP contribution >= 0.6 is 0 Å². The number of nitrogens with zero attached hydrogens (tertiary/aromatic N) is 2. The van der Waals surface area contributed by atoms with Gasteiger partial charge in [0.25, 0.3) is 5.56 Å². The number of fused-ring (bicyclic) bond motifs is 1. The summed E-state index contributed by atoms with van der Waals surface area (Å²) in [5.41, 5.74) is 0.282. The van der Waals surface area contributed by atoms with E-state index in [2.05, 4.69) is 5.32 Å². The molecular weight excluding hydrogens is 230 g/mol. The smallest absolute Gasteiger partial charge is 0.315 e. The van der Waals surface area contributed by atoms with Gasteiger partial charge in [-0.15, -0.1) is 0 Å². The predicted octanol–water partition coefficient (Wildman–Crippen LogP) is 0.235. The summed E-state index contributed by atoms with van der Waals surface area (Å²) < 4.78 is 2.94. The topological polar surface area (TPSA) is 56.0 Å². The third kappa shape index (κ3) is 1.51. The fourth-order valence-corrected chi connectivity index (χ4v) is 2.61. The first kappa shape index (κ1) is 11.2. The predicted molar refractivity (Wildman–Crippen MR) is 70.0 cm³/mol. The first-order chi connectivity index (χ1) is 8.70. The van der Waals surface area contributed by atoms with Crippen molar-refractivity contribution in [3.8, 4) is 0 Å². The second kappa shape index (κ2) is 4.10. The molecule has 3 rings (SSSR count). The Labute approximate surface area is 104 Å². The third-order valence-corrected chi connectivity index (χ3v) is 3.61. The van der Waals surface area contributed by atoms with Gasteiger partial charge in [0.2, 0.25) is 0 Å². The zero-order valence-electron chi connectivity index (χ0n) is 10.2. The van der Waals surface area contributed by atoms with Gasteiger partial charge in [-0.2, -0.15) is 0 Å². The lowest BCUT2D eigenvalue weighted by Crippen LogP contribution is -2.42. The van der Waals surface area contributed by atoms with Crippen LogP contribution in [-0.4, -0.2) is 22.2 Å². The Kier molecular flexibility index (Phi) is 2.56. The molecule has 0 spiro atoms. The molecule has 1 saturated heterocycles.